The van der Waals surface area contributed by atoms with Crippen molar-refractivity contribution in [2.24, 2.45) is 5.92 Å². The molecule has 1 aromatic heterocycles. The van der Waals surface area contributed by atoms with Crippen LogP contribution in [0.3, 0.4) is 0 Å². The minimum atomic E-state index is -0.165. The predicted molar refractivity (Wildman–Crippen MR) is 126 cm³/mol. The van der Waals surface area contributed by atoms with E-state index in [1.54, 1.807) is 28.4 Å². The number of carbonyl (C=O) groups is 2. The highest BCUT2D eigenvalue weighted by atomic mass is 35.5. The Hall–Kier alpha value is -2.05. The van der Waals surface area contributed by atoms with E-state index < -0.39 is 0 Å². The number of nitrogens with zero attached hydrogens (tertiary/aromatic N) is 2. The zero-order valence-electron chi connectivity index (χ0n) is 18.5. The number of halogens is 1. The quantitative estimate of drug-likeness (QED) is 0.515. The number of amides is 2. The number of hydrogen-bond acceptors (Lipinski definition) is 4. The first-order chi connectivity index (χ1) is 14.9. The molecule has 1 unspecified atom stereocenters. The molecule has 1 aliphatic rings. The Balaban J connectivity index is 1.74. The van der Waals surface area contributed by atoms with E-state index in [9.17, 15) is 9.59 Å². The highest BCUT2D eigenvalue weighted by molar-refractivity contribution is 7.10. The third-order valence-corrected chi connectivity index (χ3v) is 6.84. The Morgan fingerprint density at radius 3 is 2.68 bits per heavy atom. The van der Waals surface area contributed by atoms with Crippen LogP contribution in [0.5, 0.6) is 5.75 Å². The molecule has 0 N–H and O–H groups in total. The molecule has 1 atom stereocenters. The SMILES string of the molecule is CCC(=O)N(CCC(C)C)CC(=O)N1CCc2sccc2C1COc1ccc(Cl)cc1. The molecule has 0 saturated heterocycles. The lowest BCUT2D eigenvalue weighted by Gasteiger charge is -2.37. The van der Waals surface area contributed by atoms with Crippen molar-refractivity contribution in [2.45, 2.75) is 46.1 Å². The Morgan fingerprint density at radius 2 is 2.00 bits per heavy atom. The number of rotatable bonds is 9. The van der Waals surface area contributed by atoms with Gasteiger partial charge < -0.3 is 14.5 Å². The zero-order valence-corrected chi connectivity index (χ0v) is 20.0. The second kappa shape index (κ2) is 11.0. The second-order valence-corrected chi connectivity index (χ2v) is 9.71. The molecule has 2 aromatic rings. The third-order valence-electron chi connectivity index (χ3n) is 5.59. The Labute approximate surface area is 193 Å². The summed E-state index contributed by atoms with van der Waals surface area (Å²) in [6.07, 6.45) is 2.13. The van der Waals surface area contributed by atoms with Crippen molar-refractivity contribution in [1.82, 2.24) is 9.80 Å². The maximum atomic E-state index is 13.3. The van der Waals surface area contributed by atoms with Crippen LogP contribution in [0.25, 0.3) is 0 Å². The van der Waals surface area contributed by atoms with Crippen molar-refractivity contribution in [3.8, 4) is 5.75 Å². The first kappa shape index (κ1) is 23.6. The molecule has 7 heteroatoms. The van der Waals surface area contributed by atoms with Crippen LogP contribution >= 0.6 is 22.9 Å². The van der Waals surface area contributed by atoms with E-state index in [-0.39, 0.29) is 24.4 Å². The summed E-state index contributed by atoms with van der Waals surface area (Å²) in [7, 11) is 0. The Bertz CT molecular complexity index is 881. The summed E-state index contributed by atoms with van der Waals surface area (Å²) in [6, 6.07) is 9.17. The van der Waals surface area contributed by atoms with E-state index in [0.717, 1.165) is 24.2 Å². The Kier molecular flexibility index (Phi) is 8.38. The maximum Gasteiger partial charge on any atom is 0.242 e. The molecule has 5 nitrogen and oxygen atoms in total. The first-order valence-electron chi connectivity index (χ1n) is 10.9. The van der Waals surface area contributed by atoms with Gasteiger partial charge in [0.2, 0.25) is 11.8 Å². The van der Waals surface area contributed by atoms with Gasteiger partial charge in [-0.3, -0.25) is 9.59 Å². The molecular weight excluding hydrogens is 432 g/mol. The lowest BCUT2D eigenvalue weighted by Crippen LogP contribution is -2.48. The van der Waals surface area contributed by atoms with Crippen LogP contribution in [0.4, 0.5) is 0 Å². The largest absolute Gasteiger partial charge is 0.491 e. The van der Waals surface area contributed by atoms with E-state index in [1.807, 2.05) is 24.0 Å². The van der Waals surface area contributed by atoms with Crippen molar-refractivity contribution in [2.75, 3.05) is 26.2 Å². The van der Waals surface area contributed by atoms with Crippen LogP contribution in [0.2, 0.25) is 5.02 Å². The summed E-state index contributed by atoms with van der Waals surface area (Å²) in [5.74, 6) is 1.20. The average Bonchev–Trinajstić information content (AvgIpc) is 3.24. The van der Waals surface area contributed by atoms with Gasteiger partial charge in [0.05, 0.1) is 12.6 Å². The van der Waals surface area contributed by atoms with Gasteiger partial charge in [0.1, 0.15) is 12.4 Å². The lowest BCUT2D eigenvalue weighted by molar-refractivity contribution is -0.142. The van der Waals surface area contributed by atoms with Crippen LogP contribution in [0.15, 0.2) is 35.7 Å². The summed E-state index contributed by atoms with van der Waals surface area (Å²) >= 11 is 7.69. The standard InChI is InChI=1S/C24H31ClN2O3S/c1-4-23(28)26(12-9-17(2)3)15-24(29)27-13-10-22-20(11-14-31-22)21(27)16-30-19-7-5-18(25)6-8-19/h5-8,11,14,17,21H,4,9-10,12-13,15-16H2,1-3H3. The molecule has 1 aromatic carbocycles. The van der Waals surface area contributed by atoms with Gasteiger partial charge in [-0.05, 0) is 60.0 Å². The first-order valence-corrected chi connectivity index (χ1v) is 12.2. The minimum Gasteiger partial charge on any atom is -0.491 e. The van der Waals surface area contributed by atoms with Crippen LogP contribution in [0, 0.1) is 5.92 Å². The number of ether oxygens (including phenoxy) is 1. The molecule has 0 aliphatic carbocycles. The number of fused-ring (bicyclic) bond motifs is 1. The van der Waals surface area contributed by atoms with Crippen molar-refractivity contribution in [1.29, 1.82) is 0 Å². The minimum absolute atomic E-state index is 0.0212. The molecule has 3 rings (SSSR count). The fraction of sp³-hybridized carbons (Fsp3) is 0.500. The maximum absolute atomic E-state index is 13.3. The van der Waals surface area contributed by atoms with E-state index >= 15 is 0 Å². The second-order valence-electron chi connectivity index (χ2n) is 8.27. The molecule has 0 fully saturated rings. The molecule has 0 spiro atoms. The van der Waals surface area contributed by atoms with Crippen molar-refractivity contribution in [3.63, 3.8) is 0 Å². The van der Waals surface area contributed by atoms with Crippen LogP contribution in [-0.4, -0.2) is 47.9 Å². The molecule has 0 bridgehead atoms. The highest BCUT2D eigenvalue weighted by Gasteiger charge is 2.33. The van der Waals surface area contributed by atoms with E-state index in [1.165, 1.54) is 4.88 Å². The summed E-state index contributed by atoms with van der Waals surface area (Å²) in [5, 5.41) is 2.73. The van der Waals surface area contributed by atoms with Gasteiger partial charge in [-0.1, -0.05) is 32.4 Å². The van der Waals surface area contributed by atoms with Gasteiger partial charge in [0, 0.05) is 29.4 Å². The van der Waals surface area contributed by atoms with Gasteiger partial charge >= 0.3 is 0 Å². The monoisotopic (exact) mass is 462 g/mol. The zero-order chi connectivity index (χ0) is 22.4. The molecule has 168 valence electrons. The van der Waals surface area contributed by atoms with Crippen LogP contribution < -0.4 is 4.74 Å². The number of benzene rings is 1. The summed E-state index contributed by atoms with van der Waals surface area (Å²) in [4.78, 5) is 30.7. The molecule has 0 radical (unpaired) electrons. The fourth-order valence-corrected chi connectivity index (χ4v) is 4.82. The molecule has 0 saturated carbocycles. The third kappa shape index (κ3) is 6.23. The molecule has 2 heterocycles. The average molecular weight is 463 g/mol. The van der Waals surface area contributed by atoms with E-state index in [2.05, 4.69) is 25.3 Å². The van der Waals surface area contributed by atoms with Crippen molar-refractivity contribution in [3.05, 3.63) is 51.2 Å². The molecular formula is C24H31ClN2O3S. The van der Waals surface area contributed by atoms with E-state index in [4.69, 9.17) is 16.3 Å². The topological polar surface area (TPSA) is 49.9 Å². The van der Waals surface area contributed by atoms with Gasteiger partial charge in [-0.2, -0.15) is 0 Å². The van der Waals surface area contributed by atoms with Gasteiger partial charge in [0.15, 0.2) is 0 Å². The van der Waals surface area contributed by atoms with Crippen LogP contribution in [-0.2, 0) is 16.0 Å². The number of carbonyl (C=O) groups excluding carboxylic acids is 2. The smallest absolute Gasteiger partial charge is 0.242 e. The van der Waals surface area contributed by atoms with Crippen molar-refractivity contribution >= 4 is 34.8 Å². The normalized spacial score (nSPS) is 15.6. The summed E-state index contributed by atoms with van der Waals surface area (Å²) in [5.41, 5.74) is 1.15. The predicted octanol–water partition coefficient (Wildman–Crippen LogP) is 5.19. The van der Waals surface area contributed by atoms with E-state index in [0.29, 0.717) is 37.1 Å². The molecule has 2 amide bonds. The Morgan fingerprint density at radius 1 is 1.26 bits per heavy atom. The fourth-order valence-electron chi connectivity index (χ4n) is 3.76. The molecule has 31 heavy (non-hydrogen) atoms. The van der Waals surface area contributed by atoms with Gasteiger partial charge in [-0.15, -0.1) is 11.3 Å². The lowest BCUT2D eigenvalue weighted by atomic mass is 10.0. The molecule has 1 aliphatic heterocycles. The summed E-state index contributed by atoms with van der Waals surface area (Å²) in [6.45, 7) is 7.84. The number of hydrogen-bond donors (Lipinski definition) is 0. The highest BCUT2D eigenvalue weighted by Crippen LogP contribution is 2.34. The summed E-state index contributed by atoms with van der Waals surface area (Å²) < 4.78 is 6.03. The van der Waals surface area contributed by atoms with Gasteiger partial charge in [0.25, 0.3) is 0 Å². The van der Waals surface area contributed by atoms with Crippen LogP contribution in [0.1, 0.15) is 50.1 Å². The van der Waals surface area contributed by atoms with Crippen molar-refractivity contribution < 1.29 is 14.3 Å². The van der Waals surface area contributed by atoms with Gasteiger partial charge in [-0.25, -0.2) is 0 Å². The number of thiophene rings is 1.